The molecular weight excluding hydrogens is 288 g/mol. The molecule has 0 aliphatic rings. The van der Waals surface area contributed by atoms with E-state index in [0.29, 0.717) is 0 Å². The third-order valence-electron chi connectivity index (χ3n) is 1.82. The Morgan fingerprint density at radius 3 is 2.53 bits per heavy atom. The maximum Gasteiger partial charge on any atom is 0.302 e. The molecule has 0 aromatic carbocycles. The van der Waals surface area contributed by atoms with E-state index in [4.69, 9.17) is 34.8 Å². The molecule has 0 unspecified atom stereocenters. The van der Waals surface area contributed by atoms with Gasteiger partial charge in [0.15, 0.2) is 5.78 Å². The minimum absolute atomic E-state index is 0.00919. The van der Waals surface area contributed by atoms with Crippen molar-refractivity contribution in [2.24, 2.45) is 0 Å². The van der Waals surface area contributed by atoms with Gasteiger partial charge in [-0.1, -0.05) is 34.8 Å². The van der Waals surface area contributed by atoms with E-state index in [-0.39, 0.29) is 39.7 Å². The quantitative estimate of drug-likeness (QED) is 0.486. The summed E-state index contributed by atoms with van der Waals surface area (Å²) in [6.45, 7) is 1.25. The molecule has 0 amide bonds. The van der Waals surface area contributed by atoms with E-state index in [0.717, 1.165) is 0 Å². The summed E-state index contributed by atoms with van der Waals surface area (Å²) in [6, 6.07) is 1.34. The third kappa shape index (κ3) is 4.15. The molecule has 1 rings (SSSR count). The molecule has 7 heteroatoms. The molecule has 4 nitrogen and oxygen atoms in total. The van der Waals surface area contributed by atoms with Crippen molar-refractivity contribution in [2.75, 3.05) is 6.61 Å². The van der Waals surface area contributed by atoms with E-state index < -0.39 is 5.97 Å². The first-order chi connectivity index (χ1) is 7.91. The van der Waals surface area contributed by atoms with Crippen LogP contribution in [0.2, 0.25) is 15.3 Å². The van der Waals surface area contributed by atoms with E-state index in [2.05, 4.69) is 9.72 Å². The number of hydrogen-bond donors (Lipinski definition) is 0. The number of ketones is 1. The van der Waals surface area contributed by atoms with E-state index in [1.807, 2.05) is 0 Å². The van der Waals surface area contributed by atoms with Crippen LogP contribution in [-0.2, 0) is 9.53 Å². The predicted molar refractivity (Wildman–Crippen MR) is 64.8 cm³/mol. The highest BCUT2D eigenvalue weighted by Gasteiger charge is 2.15. The second-order valence-corrected chi connectivity index (χ2v) is 4.24. The standard InChI is InChI=1S/C10H8Cl3NO3/c1-5(15)17-3-2-8(16)6-4-7(11)10(13)14-9(6)12/h4H,2-3H2,1H3. The largest absolute Gasteiger partial charge is 0.465 e. The van der Waals surface area contributed by atoms with Gasteiger partial charge >= 0.3 is 5.97 Å². The lowest BCUT2D eigenvalue weighted by Crippen LogP contribution is -2.08. The first-order valence-corrected chi connectivity index (χ1v) is 5.73. The molecular formula is C10H8Cl3NO3. The molecule has 17 heavy (non-hydrogen) atoms. The molecule has 0 saturated carbocycles. The van der Waals surface area contributed by atoms with Crippen molar-refractivity contribution in [3.05, 3.63) is 27.0 Å². The van der Waals surface area contributed by atoms with Gasteiger partial charge in [-0.25, -0.2) is 4.98 Å². The molecule has 92 valence electrons. The van der Waals surface area contributed by atoms with Gasteiger partial charge in [0.1, 0.15) is 10.3 Å². The summed E-state index contributed by atoms with van der Waals surface area (Å²) in [6.07, 6.45) is 0.0128. The smallest absolute Gasteiger partial charge is 0.302 e. The molecule has 0 aliphatic heterocycles. The fourth-order valence-corrected chi connectivity index (χ4v) is 1.64. The molecule has 0 radical (unpaired) electrons. The van der Waals surface area contributed by atoms with E-state index in [1.165, 1.54) is 13.0 Å². The van der Waals surface area contributed by atoms with Crippen molar-refractivity contribution in [1.82, 2.24) is 4.98 Å². The summed E-state index contributed by atoms with van der Waals surface area (Å²) in [5, 5.41) is 0.160. The lowest BCUT2D eigenvalue weighted by atomic mass is 10.1. The van der Waals surface area contributed by atoms with Crippen molar-refractivity contribution in [3.63, 3.8) is 0 Å². The van der Waals surface area contributed by atoms with Gasteiger partial charge in [0.2, 0.25) is 0 Å². The molecule has 0 bridgehead atoms. The number of esters is 1. The summed E-state index contributed by atoms with van der Waals surface area (Å²) < 4.78 is 4.65. The summed E-state index contributed by atoms with van der Waals surface area (Å²) in [7, 11) is 0. The van der Waals surface area contributed by atoms with Gasteiger partial charge in [-0.05, 0) is 6.07 Å². The van der Waals surface area contributed by atoms with Crippen LogP contribution < -0.4 is 0 Å². The van der Waals surface area contributed by atoms with E-state index >= 15 is 0 Å². The van der Waals surface area contributed by atoms with Gasteiger partial charge in [0.05, 0.1) is 17.2 Å². The number of nitrogens with zero attached hydrogens (tertiary/aromatic N) is 1. The van der Waals surface area contributed by atoms with Crippen LogP contribution in [0.25, 0.3) is 0 Å². The molecule has 1 heterocycles. The first kappa shape index (κ1) is 14.2. The molecule has 0 atom stereocenters. The summed E-state index contributed by atoms with van der Waals surface area (Å²) in [4.78, 5) is 25.9. The Morgan fingerprint density at radius 1 is 1.29 bits per heavy atom. The Hall–Kier alpha value is -0.840. The monoisotopic (exact) mass is 295 g/mol. The minimum Gasteiger partial charge on any atom is -0.465 e. The second kappa shape index (κ2) is 6.19. The number of Topliss-reactive ketones (excluding diaryl/α,β-unsaturated/α-hetero) is 1. The van der Waals surface area contributed by atoms with E-state index in [1.54, 1.807) is 0 Å². The van der Waals surface area contributed by atoms with Gasteiger partial charge < -0.3 is 4.74 Å². The maximum absolute atomic E-state index is 11.7. The number of carbonyl (C=O) groups excluding carboxylic acids is 2. The van der Waals surface area contributed by atoms with Crippen LogP contribution >= 0.6 is 34.8 Å². The van der Waals surface area contributed by atoms with Crippen LogP contribution in [0.4, 0.5) is 0 Å². The highest BCUT2D eigenvalue weighted by Crippen LogP contribution is 2.26. The molecule has 1 aromatic rings. The van der Waals surface area contributed by atoms with Gasteiger partial charge in [0.25, 0.3) is 0 Å². The third-order valence-corrected chi connectivity index (χ3v) is 2.78. The normalized spacial score (nSPS) is 10.1. The highest BCUT2D eigenvalue weighted by molar-refractivity contribution is 6.42. The summed E-state index contributed by atoms with van der Waals surface area (Å²) >= 11 is 17.1. The first-order valence-electron chi connectivity index (χ1n) is 4.60. The average Bonchev–Trinajstić information content (AvgIpc) is 2.22. The average molecular weight is 297 g/mol. The van der Waals surface area contributed by atoms with Gasteiger partial charge in [0, 0.05) is 13.3 Å². The number of carbonyl (C=O) groups is 2. The Morgan fingerprint density at radius 2 is 1.94 bits per heavy atom. The molecule has 0 saturated heterocycles. The number of rotatable bonds is 4. The lowest BCUT2D eigenvalue weighted by molar-refractivity contribution is -0.140. The maximum atomic E-state index is 11.7. The number of halogens is 3. The topological polar surface area (TPSA) is 56.3 Å². The SMILES string of the molecule is CC(=O)OCCC(=O)c1cc(Cl)c(Cl)nc1Cl. The van der Waals surface area contributed by atoms with Crippen LogP contribution in [0.1, 0.15) is 23.7 Å². The summed E-state index contributed by atoms with van der Waals surface area (Å²) in [5.74, 6) is -0.765. The van der Waals surface area contributed by atoms with Crippen LogP contribution in [0.5, 0.6) is 0 Å². The Bertz CT molecular complexity index is 462. The van der Waals surface area contributed by atoms with Crippen LogP contribution in [-0.4, -0.2) is 23.3 Å². The second-order valence-electron chi connectivity index (χ2n) is 3.11. The number of aromatic nitrogens is 1. The minimum atomic E-state index is -0.448. The van der Waals surface area contributed by atoms with Crippen molar-refractivity contribution < 1.29 is 14.3 Å². The van der Waals surface area contributed by atoms with Gasteiger partial charge in [-0.15, -0.1) is 0 Å². The van der Waals surface area contributed by atoms with Gasteiger partial charge in [-0.3, -0.25) is 9.59 Å². The van der Waals surface area contributed by atoms with Crippen molar-refractivity contribution in [1.29, 1.82) is 0 Å². The number of hydrogen-bond acceptors (Lipinski definition) is 4. The number of pyridine rings is 1. The van der Waals surface area contributed by atoms with Crippen LogP contribution in [0.3, 0.4) is 0 Å². The molecule has 1 aromatic heterocycles. The molecule has 0 aliphatic carbocycles. The highest BCUT2D eigenvalue weighted by atomic mass is 35.5. The summed E-state index contributed by atoms with van der Waals surface area (Å²) in [5.41, 5.74) is 0.160. The predicted octanol–water partition coefficient (Wildman–Crippen LogP) is 3.18. The Balaban J connectivity index is 2.75. The molecule has 0 fully saturated rings. The zero-order chi connectivity index (χ0) is 13.0. The van der Waals surface area contributed by atoms with Crippen LogP contribution in [0.15, 0.2) is 6.07 Å². The lowest BCUT2D eigenvalue weighted by Gasteiger charge is -2.05. The zero-order valence-corrected chi connectivity index (χ0v) is 11.1. The van der Waals surface area contributed by atoms with Crippen molar-refractivity contribution >= 4 is 46.6 Å². The zero-order valence-electron chi connectivity index (χ0n) is 8.80. The van der Waals surface area contributed by atoms with Crippen LogP contribution in [0, 0.1) is 0 Å². The van der Waals surface area contributed by atoms with Gasteiger partial charge in [-0.2, -0.15) is 0 Å². The fourth-order valence-electron chi connectivity index (χ4n) is 1.06. The van der Waals surface area contributed by atoms with Crippen molar-refractivity contribution in [3.8, 4) is 0 Å². The number of ether oxygens (including phenoxy) is 1. The van der Waals surface area contributed by atoms with Crippen molar-refractivity contribution in [2.45, 2.75) is 13.3 Å². The fraction of sp³-hybridized carbons (Fsp3) is 0.300. The van der Waals surface area contributed by atoms with E-state index in [9.17, 15) is 9.59 Å². The molecule has 0 spiro atoms. The molecule has 0 N–H and O–H groups in total. The Kier molecular flexibility index (Phi) is 5.18. The Labute approximate surface area is 113 Å².